The molecule has 0 saturated carbocycles. The first-order valence-corrected chi connectivity index (χ1v) is 4.42. The Balaban J connectivity index is 2.55. The third kappa shape index (κ3) is 3.61. The first-order valence-electron chi connectivity index (χ1n) is 4.42. The number of ketones is 1. The second-order valence-corrected chi connectivity index (χ2v) is 2.84. The molecule has 0 aliphatic rings. The molecule has 0 unspecified atom stereocenters. The second-order valence-electron chi connectivity index (χ2n) is 2.84. The average Bonchev–Trinajstić information content (AvgIpc) is 2.61. The summed E-state index contributed by atoms with van der Waals surface area (Å²) in [5.74, 6) is -2.16. The standard InChI is InChI=1S/C8H9F3N2O3/c1-2-15-4-6-12-7(16-13-6)3-5(14)8(9,10)11/h2-4H2,1H3. The van der Waals surface area contributed by atoms with E-state index in [1.807, 2.05) is 0 Å². The van der Waals surface area contributed by atoms with Gasteiger partial charge in [0.25, 0.3) is 0 Å². The molecule has 5 nitrogen and oxygen atoms in total. The molecule has 8 heteroatoms. The number of nitrogens with zero attached hydrogens (tertiary/aromatic N) is 2. The van der Waals surface area contributed by atoms with Crippen LogP contribution < -0.4 is 0 Å². The zero-order chi connectivity index (χ0) is 12.2. The fourth-order valence-electron chi connectivity index (χ4n) is 0.851. The Kier molecular flexibility index (Phi) is 3.99. The Hall–Kier alpha value is -1.44. The molecular formula is C8H9F3N2O3. The number of rotatable bonds is 5. The molecular weight excluding hydrogens is 229 g/mol. The molecule has 0 spiro atoms. The third-order valence-electron chi connectivity index (χ3n) is 1.57. The first kappa shape index (κ1) is 12.6. The normalized spacial score (nSPS) is 11.8. The SMILES string of the molecule is CCOCc1noc(CC(=O)C(F)(F)F)n1. The quantitative estimate of drug-likeness (QED) is 0.773. The van der Waals surface area contributed by atoms with Gasteiger partial charge in [0.15, 0.2) is 5.82 Å². The van der Waals surface area contributed by atoms with Gasteiger partial charge in [0.05, 0.1) is 6.42 Å². The number of carbonyl (C=O) groups is 1. The predicted molar refractivity (Wildman–Crippen MR) is 44.4 cm³/mol. The Morgan fingerprint density at radius 2 is 2.19 bits per heavy atom. The summed E-state index contributed by atoms with van der Waals surface area (Å²) >= 11 is 0. The monoisotopic (exact) mass is 238 g/mol. The lowest BCUT2D eigenvalue weighted by Gasteiger charge is -2.00. The number of hydrogen-bond donors (Lipinski definition) is 0. The van der Waals surface area contributed by atoms with Crippen molar-refractivity contribution >= 4 is 5.78 Å². The minimum atomic E-state index is -4.88. The zero-order valence-electron chi connectivity index (χ0n) is 8.37. The summed E-state index contributed by atoms with van der Waals surface area (Å²) in [5.41, 5.74) is 0. The van der Waals surface area contributed by atoms with E-state index >= 15 is 0 Å². The second kappa shape index (κ2) is 5.06. The molecule has 0 radical (unpaired) electrons. The van der Waals surface area contributed by atoms with Crippen LogP contribution in [0.5, 0.6) is 0 Å². The molecule has 0 aliphatic heterocycles. The van der Waals surface area contributed by atoms with Crippen LogP contribution in [0.1, 0.15) is 18.6 Å². The van der Waals surface area contributed by atoms with Gasteiger partial charge in [-0.3, -0.25) is 4.79 Å². The molecule has 1 heterocycles. The van der Waals surface area contributed by atoms with Crippen molar-refractivity contribution in [3.8, 4) is 0 Å². The maximum atomic E-state index is 11.9. The number of ether oxygens (including phenoxy) is 1. The molecule has 0 bridgehead atoms. The van der Waals surface area contributed by atoms with Crippen molar-refractivity contribution in [2.45, 2.75) is 26.1 Å². The number of halogens is 3. The first-order chi connectivity index (χ1) is 7.43. The highest BCUT2D eigenvalue weighted by Crippen LogP contribution is 2.18. The van der Waals surface area contributed by atoms with E-state index in [2.05, 4.69) is 14.7 Å². The van der Waals surface area contributed by atoms with Gasteiger partial charge >= 0.3 is 6.18 Å². The molecule has 90 valence electrons. The Morgan fingerprint density at radius 1 is 1.50 bits per heavy atom. The van der Waals surface area contributed by atoms with Crippen LogP contribution in [-0.4, -0.2) is 28.7 Å². The van der Waals surface area contributed by atoms with Gasteiger partial charge in [-0.1, -0.05) is 5.16 Å². The maximum absolute atomic E-state index is 11.9. The van der Waals surface area contributed by atoms with E-state index in [1.165, 1.54) is 0 Å². The summed E-state index contributed by atoms with van der Waals surface area (Å²) in [6, 6.07) is 0. The van der Waals surface area contributed by atoms with Gasteiger partial charge in [0.1, 0.15) is 6.61 Å². The number of hydrogen-bond acceptors (Lipinski definition) is 5. The lowest BCUT2D eigenvalue weighted by atomic mass is 10.3. The number of aromatic nitrogens is 2. The summed E-state index contributed by atoms with van der Waals surface area (Å²) < 4.78 is 45.0. The topological polar surface area (TPSA) is 65.2 Å². The molecule has 0 fully saturated rings. The summed E-state index contributed by atoms with van der Waals surface area (Å²) in [7, 11) is 0. The average molecular weight is 238 g/mol. The van der Waals surface area contributed by atoms with Crippen LogP contribution in [0.4, 0.5) is 13.2 Å². The van der Waals surface area contributed by atoms with E-state index in [9.17, 15) is 18.0 Å². The molecule has 0 N–H and O–H groups in total. The Morgan fingerprint density at radius 3 is 2.75 bits per heavy atom. The van der Waals surface area contributed by atoms with Crippen molar-refractivity contribution < 1.29 is 27.2 Å². The van der Waals surface area contributed by atoms with Crippen molar-refractivity contribution in [3.63, 3.8) is 0 Å². The summed E-state index contributed by atoms with van der Waals surface area (Å²) in [4.78, 5) is 14.2. The lowest BCUT2D eigenvalue weighted by molar-refractivity contribution is -0.170. The smallest absolute Gasteiger partial charge is 0.374 e. The highest BCUT2D eigenvalue weighted by atomic mass is 19.4. The van der Waals surface area contributed by atoms with Gasteiger partial charge in [-0.15, -0.1) is 0 Å². The van der Waals surface area contributed by atoms with E-state index < -0.39 is 18.4 Å². The van der Waals surface area contributed by atoms with Gasteiger partial charge in [-0.05, 0) is 6.92 Å². The van der Waals surface area contributed by atoms with Crippen molar-refractivity contribution in [1.29, 1.82) is 0 Å². The molecule has 0 aliphatic carbocycles. The minimum absolute atomic E-state index is 0.0419. The van der Waals surface area contributed by atoms with Gasteiger partial charge in [0.2, 0.25) is 11.7 Å². The van der Waals surface area contributed by atoms with E-state index in [1.54, 1.807) is 6.92 Å². The highest BCUT2D eigenvalue weighted by molar-refractivity contribution is 5.85. The third-order valence-corrected chi connectivity index (χ3v) is 1.57. The van der Waals surface area contributed by atoms with Gasteiger partial charge in [-0.25, -0.2) is 0 Å². The molecule has 0 aromatic carbocycles. The fraction of sp³-hybridized carbons (Fsp3) is 0.625. The van der Waals surface area contributed by atoms with Crippen LogP contribution in [0.25, 0.3) is 0 Å². The lowest BCUT2D eigenvalue weighted by Crippen LogP contribution is -2.24. The van der Waals surface area contributed by atoms with Crippen LogP contribution in [0.15, 0.2) is 4.52 Å². The largest absolute Gasteiger partial charge is 0.450 e. The summed E-state index contributed by atoms with van der Waals surface area (Å²) in [6.45, 7) is 2.21. The Bertz CT molecular complexity index is 362. The number of alkyl halides is 3. The fourth-order valence-corrected chi connectivity index (χ4v) is 0.851. The number of Topliss-reactive ketones (excluding diaryl/α,β-unsaturated/α-hetero) is 1. The zero-order valence-corrected chi connectivity index (χ0v) is 8.37. The minimum Gasteiger partial charge on any atom is -0.374 e. The molecule has 1 rings (SSSR count). The van der Waals surface area contributed by atoms with Crippen LogP contribution in [0.3, 0.4) is 0 Å². The molecule has 16 heavy (non-hydrogen) atoms. The highest BCUT2D eigenvalue weighted by Gasteiger charge is 2.39. The van der Waals surface area contributed by atoms with E-state index in [4.69, 9.17) is 4.74 Å². The van der Waals surface area contributed by atoms with Crippen LogP contribution in [-0.2, 0) is 22.6 Å². The number of carbonyl (C=O) groups excluding carboxylic acids is 1. The van der Waals surface area contributed by atoms with Gasteiger partial charge < -0.3 is 9.26 Å². The molecule has 0 atom stereocenters. The van der Waals surface area contributed by atoms with E-state index in [-0.39, 0.29) is 18.3 Å². The van der Waals surface area contributed by atoms with Crippen molar-refractivity contribution in [2.24, 2.45) is 0 Å². The molecule has 1 aromatic rings. The van der Waals surface area contributed by atoms with Crippen molar-refractivity contribution in [3.05, 3.63) is 11.7 Å². The molecule has 1 aromatic heterocycles. The van der Waals surface area contributed by atoms with Gasteiger partial charge in [0, 0.05) is 6.61 Å². The van der Waals surface area contributed by atoms with Crippen molar-refractivity contribution in [2.75, 3.05) is 6.61 Å². The molecule has 0 amide bonds. The van der Waals surface area contributed by atoms with Crippen LogP contribution >= 0.6 is 0 Å². The predicted octanol–water partition coefficient (Wildman–Crippen LogP) is 1.28. The van der Waals surface area contributed by atoms with Crippen molar-refractivity contribution in [1.82, 2.24) is 10.1 Å². The van der Waals surface area contributed by atoms with Crippen LogP contribution in [0.2, 0.25) is 0 Å². The summed E-state index contributed by atoms with van der Waals surface area (Å²) in [6.07, 6.45) is -5.82. The maximum Gasteiger partial charge on any atom is 0.450 e. The van der Waals surface area contributed by atoms with E-state index in [0.29, 0.717) is 6.61 Å². The van der Waals surface area contributed by atoms with Crippen LogP contribution in [0, 0.1) is 0 Å². The van der Waals surface area contributed by atoms with E-state index in [0.717, 1.165) is 0 Å². The summed E-state index contributed by atoms with van der Waals surface area (Å²) in [5, 5.41) is 3.36. The van der Waals surface area contributed by atoms with Gasteiger partial charge in [-0.2, -0.15) is 18.2 Å². The Labute approximate surface area is 88.6 Å². The molecule has 0 saturated heterocycles.